The maximum atomic E-state index is 6.52. The number of nitrogens with zero attached hydrogens (tertiary/aromatic N) is 1. The van der Waals surface area contributed by atoms with Gasteiger partial charge in [-0.25, -0.2) is 0 Å². The van der Waals surface area contributed by atoms with Crippen LogP contribution in [0, 0.1) is 0 Å². The SMILES string of the molecule is c1ccc(-c2cccc(-c3ccc(N(c4ccc(-c5cccc6oc7c8ccccc8ccc7c56)cc4)c4cccc(-c5ccccc5)c4)cc3)c2)cc1. The standard InChI is InChI=1S/C52H35NO/c1-3-12-36(13-4-1)41-17-9-18-42(34-41)38-24-29-44(30-25-38)53(46-20-10-19-43(35-46)37-14-5-2-6-15-37)45-31-26-40(27-32-45)47-22-11-23-50-51(47)49-33-28-39-16-7-8-21-48(39)52(49)54-50/h1-35H. The van der Waals surface area contributed by atoms with E-state index in [9.17, 15) is 0 Å². The molecule has 54 heavy (non-hydrogen) atoms. The third-order valence-corrected chi connectivity index (χ3v) is 10.5. The zero-order valence-electron chi connectivity index (χ0n) is 29.6. The lowest BCUT2D eigenvalue weighted by atomic mass is 9.97. The first-order chi connectivity index (χ1) is 26.8. The second-order valence-electron chi connectivity index (χ2n) is 13.7. The van der Waals surface area contributed by atoms with Crippen LogP contribution in [0.15, 0.2) is 217 Å². The number of hydrogen-bond donors (Lipinski definition) is 0. The zero-order chi connectivity index (χ0) is 35.8. The third-order valence-electron chi connectivity index (χ3n) is 10.5. The molecule has 1 aromatic heterocycles. The minimum Gasteiger partial charge on any atom is -0.455 e. The van der Waals surface area contributed by atoms with Gasteiger partial charge in [0.25, 0.3) is 0 Å². The van der Waals surface area contributed by atoms with Crippen molar-refractivity contribution in [2.24, 2.45) is 0 Å². The van der Waals surface area contributed by atoms with Gasteiger partial charge in [-0.3, -0.25) is 0 Å². The van der Waals surface area contributed by atoms with Gasteiger partial charge in [0, 0.05) is 33.2 Å². The van der Waals surface area contributed by atoms with Crippen LogP contribution in [0.4, 0.5) is 17.1 Å². The van der Waals surface area contributed by atoms with Crippen LogP contribution < -0.4 is 4.90 Å². The summed E-state index contributed by atoms with van der Waals surface area (Å²) in [6, 6.07) is 75.8. The van der Waals surface area contributed by atoms with Crippen LogP contribution in [0.25, 0.3) is 77.2 Å². The molecule has 1 heterocycles. The highest BCUT2D eigenvalue weighted by Crippen LogP contribution is 2.42. The molecule has 0 aliphatic heterocycles. The predicted octanol–water partition coefficient (Wildman–Crippen LogP) is 14.9. The van der Waals surface area contributed by atoms with Gasteiger partial charge in [0.15, 0.2) is 0 Å². The molecular weight excluding hydrogens is 655 g/mol. The number of benzene rings is 9. The summed E-state index contributed by atoms with van der Waals surface area (Å²) in [6.07, 6.45) is 0. The molecule has 0 saturated heterocycles. The van der Waals surface area contributed by atoms with Crippen molar-refractivity contribution in [2.45, 2.75) is 0 Å². The van der Waals surface area contributed by atoms with Crippen molar-refractivity contribution >= 4 is 49.8 Å². The zero-order valence-corrected chi connectivity index (χ0v) is 29.6. The van der Waals surface area contributed by atoms with Crippen molar-refractivity contribution in [3.8, 4) is 44.5 Å². The molecule has 10 rings (SSSR count). The van der Waals surface area contributed by atoms with Gasteiger partial charge in [0.1, 0.15) is 11.2 Å². The van der Waals surface area contributed by atoms with Crippen LogP contribution in [-0.2, 0) is 0 Å². The van der Waals surface area contributed by atoms with E-state index >= 15 is 0 Å². The van der Waals surface area contributed by atoms with Crippen LogP contribution in [0.1, 0.15) is 0 Å². The average molecular weight is 690 g/mol. The van der Waals surface area contributed by atoms with Gasteiger partial charge in [-0.05, 0) is 104 Å². The van der Waals surface area contributed by atoms with E-state index in [1.807, 2.05) is 0 Å². The van der Waals surface area contributed by atoms with E-state index < -0.39 is 0 Å². The van der Waals surface area contributed by atoms with Gasteiger partial charge in [0.05, 0.1) is 0 Å². The normalized spacial score (nSPS) is 11.3. The first kappa shape index (κ1) is 31.6. The Kier molecular flexibility index (Phi) is 7.85. The Balaban J connectivity index is 1.06. The summed E-state index contributed by atoms with van der Waals surface area (Å²) in [4.78, 5) is 2.35. The summed E-state index contributed by atoms with van der Waals surface area (Å²) in [5.74, 6) is 0. The number of anilines is 3. The maximum Gasteiger partial charge on any atom is 0.143 e. The Hall–Kier alpha value is -7.16. The molecule has 0 unspecified atom stereocenters. The van der Waals surface area contributed by atoms with Gasteiger partial charge in [-0.15, -0.1) is 0 Å². The molecule has 10 aromatic rings. The van der Waals surface area contributed by atoms with E-state index in [4.69, 9.17) is 4.42 Å². The van der Waals surface area contributed by atoms with Crippen molar-refractivity contribution in [3.05, 3.63) is 212 Å². The quantitative estimate of drug-likeness (QED) is 0.166. The van der Waals surface area contributed by atoms with Crippen LogP contribution in [0.3, 0.4) is 0 Å². The molecule has 2 heteroatoms. The van der Waals surface area contributed by atoms with Gasteiger partial charge in [-0.2, -0.15) is 0 Å². The Labute approximate surface area is 314 Å². The Morgan fingerprint density at radius 2 is 0.852 bits per heavy atom. The van der Waals surface area contributed by atoms with E-state index in [1.54, 1.807) is 0 Å². The lowest BCUT2D eigenvalue weighted by molar-refractivity contribution is 0.673. The second kappa shape index (κ2) is 13.4. The highest BCUT2D eigenvalue weighted by molar-refractivity contribution is 6.19. The first-order valence-electron chi connectivity index (χ1n) is 18.4. The van der Waals surface area contributed by atoms with Crippen molar-refractivity contribution in [1.29, 1.82) is 0 Å². The first-order valence-corrected chi connectivity index (χ1v) is 18.4. The fourth-order valence-electron chi connectivity index (χ4n) is 7.80. The largest absolute Gasteiger partial charge is 0.455 e. The second-order valence-corrected chi connectivity index (χ2v) is 13.7. The molecule has 0 atom stereocenters. The Morgan fingerprint density at radius 1 is 0.315 bits per heavy atom. The van der Waals surface area contributed by atoms with E-state index in [0.717, 1.165) is 55.5 Å². The number of rotatable bonds is 7. The van der Waals surface area contributed by atoms with E-state index in [1.165, 1.54) is 38.8 Å². The summed E-state index contributed by atoms with van der Waals surface area (Å²) in [5, 5.41) is 4.60. The monoisotopic (exact) mass is 689 g/mol. The van der Waals surface area contributed by atoms with Crippen molar-refractivity contribution in [2.75, 3.05) is 4.90 Å². The number of hydrogen-bond acceptors (Lipinski definition) is 2. The van der Waals surface area contributed by atoms with Crippen molar-refractivity contribution in [3.63, 3.8) is 0 Å². The molecule has 0 aliphatic rings. The molecule has 0 amide bonds. The Bertz CT molecular complexity index is 2910. The number of fused-ring (bicyclic) bond motifs is 5. The van der Waals surface area contributed by atoms with E-state index in [0.29, 0.717) is 0 Å². The lowest BCUT2D eigenvalue weighted by Gasteiger charge is -2.26. The molecule has 0 fully saturated rings. The fraction of sp³-hybridized carbons (Fsp3) is 0. The van der Waals surface area contributed by atoms with Gasteiger partial charge in [0.2, 0.25) is 0 Å². The molecule has 2 nitrogen and oxygen atoms in total. The Morgan fingerprint density at radius 3 is 1.54 bits per heavy atom. The van der Waals surface area contributed by atoms with Gasteiger partial charge >= 0.3 is 0 Å². The van der Waals surface area contributed by atoms with Crippen molar-refractivity contribution < 1.29 is 4.42 Å². The van der Waals surface area contributed by atoms with Crippen LogP contribution in [-0.4, -0.2) is 0 Å². The molecule has 0 spiro atoms. The lowest BCUT2D eigenvalue weighted by Crippen LogP contribution is -2.10. The summed E-state index contributed by atoms with van der Waals surface area (Å²) in [6.45, 7) is 0. The maximum absolute atomic E-state index is 6.52. The smallest absolute Gasteiger partial charge is 0.143 e. The third kappa shape index (κ3) is 5.71. The molecule has 0 aliphatic carbocycles. The molecule has 0 N–H and O–H groups in total. The minimum atomic E-state index is 0.900. The average Bonchev–Trinajstić information content (AvgIpc) is 3.65. The molecule has 9 aromatic carbocycles. The van der Waals surface area contributed by atoms with Crippen LogP contribution in [0.2, 0.25) is 0 Å². The van der Waals surface area contributed by atoms with E-state index in [2.05, 4.69) is 217 Å². The number of furan rings is 1. The van der Waals surface area contributed by atoms with Crippen molar-refractivity contribution in [1.82, 2.24) is 0 Å². The molecular formula is C52H35NO. The summed E-state index contributed by atoms with van der Waals surface area (Å²) < 4.78 is 6.52. The predicted molar refractivity (Wildman–Crippen MR) is 228 cm³/mol. The molecule has 0 radical (unpaired) electrons. The minimum absolute atomic E-state index is 0.900. The molecule has 254 valence electrons. The van der Waals surface area contributed by atoms with Crippen LogP contribution >= 0.6 is 0 Å². The topological polar surface area (TPSA) is 16.4 Å². The summed E-state index contributed by atoms with van der Waals surface area (Å²) in [7, 11) is 0. The molecule has 0 bridgehead atoms. The van der Waals surface area contributed by atoms with Gasteiger partial charge < -0.3 is 9.32 Å². The highest BCUT2D eigenvalue weighted by atomic mass is 16.3. The van der Waals surface area contributed by atoms with E-state index in [-0.39, 0.29) is 0 Å². The molecule has 0 saturated carbocycles. The summed E-state index contributed by atoms with van der Waals surface area (Å²) in [5.41, 5.74) is 14.6. The summed E-state index contributed by atoms with van der Waals surface area (Å²) >= 11 is 0. The fourth-order valence-corrected chi connectivity index (χ4v) is 7.80. The van der Waals surface area contributed by atoms with Crippen LogP contribution in [0.5, 0.6) is 0 Å². The highest BCUT2D eigenvalue weighted by Gasteiger charge is 2.17. The van der Waals surface area contributed by atoms with Gasteiger partial charge in [-0.1, -0.05) is 158 Å².